The van der Waals surface area contributed by atoms with Crippen molar-refractivity contribution in [2.45, 2.75) is 27.7 Å². The van der Waals surface area contributed by atoms with Crippen LogP contribution < -0.4 is 20.5 Å². The van der Waals surface area contributed by atoms with Crippen LogP contribution in [0.2, 0.25) is 0 Å². The predicted octanol–water partition coefficient (Wildman–Crippen LogP) is 2.54. The van der Waals surface area contributed by atoms with Crippen molar-refractivity contribution < 1.29 is 14.4 Å². The summed E-state index contributed by atoms with van der Waals surface area (Å²) in [5.41, 5.74) is 3.63. The number of aryl methyl sites for hydroxylation is 1. The Balaban J connectivity index is 2.33. The van der Waals surface area contributed by atoms with Crippen LogP contribution in [0.5, 0.6) is 11.5 Å². The predicted molar refractivity (Wildman–Crippen MR) is 101 cm³/mol. The summed E-state index contributed by atoms with van der Waals surface area (Å²) >= 11 is 0. The van der Waals surface area contributed by atoms with Crippen molar-refractivity contribution in [3.63, 3.8) is 0 Å². The van der Waals surface area contributed by atoms with Gasteiger partial charge in [-0.25, -0.2) is 10.4 Å². The zero-order valence-corrected chi connectivity index (χ0v) is 15.5. The lowest BCUT2D eigenvalue weighted by Crippen LogP contribution is -2.15. The molecule has 144 valence electrons. The summed E-state index contributed by atoms with van der Waals surface area (Å²) in [6.45, 7) is 7.47. The van der Waals surface area contributed by atoms with Crippen molar-refractivity contribution in [3.8, 4) is 11.5 Å². The van der Waals surface area contributed by atoms with Crippen LogP contribution in [0.25, 0.3) is 0 Å². The first-order chi connectivity index (χ1) is 12.9. The summed E-state index contributed by atoms with van der Waals surface area (Å²) in [5.74, 6) is 0.507. The number of H-pyrrole nitrogens is 1. The van der Waals surface area contributed by atoms with E-state index in [1.165, 1.54) is 12.3 Å². The number of nitro groups is 1. The van der Waals surface area contributed by atoms with Gasteiger partial charge in [-0.15, -0.1) is 0 Å². The molecule has 0 saturated heterocycles. The van der Waals surface area contributed by atoms with Gasteiger partial charge < -0.3 is 9.47 Å². The minimum atomic E-state index is -0.541. The number of nitrogens with one attached hydrogen (secondary N) is 2. The standard InChI is InChI=1S/C17H21N5O5/c1-5-26-14-8-12(7-13(22(24)25)15(14)27-6-2)9-18-21-17-19-11(4)10(3)16(23)20-17/h7-9H,5-6H2,1-4H3,(H2,19,20,21,23)/b18-9-. The topological polar surface area (TPSA) is 132 Å². The van der Waals surface area contributed by atoms with Gasteiger partial charge in [-0.3, -0.25) is 19.9 Å². The molecule has 1 aromatic carbocycles. The van der Waals surface area contributed by atoms with E-state index < -0.39 is 4.92 Å². The molecule has 10 heteroatoms. The van der Waals surface area contributed by atoms with Gasteiger partial charge >= 0.3 is 5.69 Å². The van der Waals surface area contributed by atoms with Crippen molar-refractivity contribution in [1.29, 1.82) is 0 Å². The second-order valence-corrected chi connectivity index (χ2v) is 5.49. The average molecular weight is 375 g/mol. The molecule has 1 aromatic heterocycles. The van der Waals surface area contributed by atoms with Crippen LogP contribution in [0.4, 0.5) is 11.6 Å². The first-order valence-corrected chi connectivity index (χ1v) is 8.32. The van der Waals surface area contributed by atoms with Crippen LogP contribution in [0.3, 0.4) is 0 Å². The van der Waals surface area contributed by atoms with E-state index in [2.05, 4.69) is 20.5 Å². The molecule has 0 aliphatic carbocycles. The fourth-order valence-electron chi connectivity index (χ4n) is 2.24. The highest BCUT2D eigenvalue weighted by molar-refractivity contribution is 5.83. The molecule has 2 aromatic rings. The highest BCUT2D eigenvalue weighted by atomic mass is 16.6. The second-order valence-electron chi connectivity index (χ2n) is 5.49. The third kappa shape index (κ3) is 4.81. The number of hydrogen-bond donors (Lipinski definition) is 2. The van der Waals surface area contributed by atoms with Crippen LogP contribution in [-0.2, 0) is 0 Å². The number of benzene rings is 1. The van der Waals surface area contributed by atoms with Crippen LogP contribution >= 0.6 is 0 Å². The monoisotopic (exact) mass is 375 g/mol. The minimum absolute atomic E-state index is 0.0783. The number of anilines is 1. The van der Waals surface area contributed by atoms with Gasteiger partial charge in [0.15, 0.2) is 5.75 Å². The van der Waals surface area contributed by atoms with Gasteiger partial charge in [0.25, 0.3) is 5.56 Å². The molecule has 27 heavy (non-hydrogen) atoms. The quantitative estimate of drug-likeness (QED) is 0.411. The smallest absolute Gasteiger partial charge is 0.315 e. The lowest BCUT2D eigenvalue weighted by atomic mass is 10.2. The summed E-state index contributed by atoms with van der Waals surface area (Å²) in [4.78, 5) is 29.3. The molecule has 0 unspecified atom stereocenters. The summed E-state index contributed by atoms with van der Waals surface area (Å²) in [6.07, 6.45) is 1.36. The Bertz CT molecular complexity index is 923. The minimum Gasteiger partial charge on any atom is -0.490 e. The average Bonchev–Trinajstić information content (AvgIpc) is 2.61. The van der Waals surface area contributed by atoms with Crippen LogP contribution in [0.15, 0.2) is 22.0 Å². The fraction of sp³-hybridized carbons (Fsp3) is 0.353. The van der Waals surface area contributed by atoms with Gasteiger partial charge in [-0.1, -0.05) is 0 Å². The zero-order chi connectivity index (χ0) is 20.0. The maximum atomic E-state index is 11.7. The normalized spacial score (nSPS) is 10.8. The molecule has 0 aliphatic heterocycles. The first-order valence-electron chi connectivity index (χ1n) is 8.32. The van der Waals surface area contributed by atoms with Gasteiger partial charge in [0.05, 0.1) is 24.4 Å². The van der Waals surface area contributed by atoms with Crippen molar-refractivity contribution >= 4 is 17.9 Å². The highest BCUT2D eigenvalue weighted by Gasteiger charge is 2.22. The molecule has 0 radical (unpaired) electrons. The Hall–Kier alpha value is -3.43. The molecule has 0 bridgehead atoms. The number of hydrazone groups is 1. The lowest BCUT2D eigenvalue weighted by Gasteiger charge is -2.11. The number of aromatic amines is 1. The molecular weight excluding hydrogens is 354 g/mol. The van der Waals surface area contributed by atoms with E-state index in [1.54, 1.807) is 33.8 Å². The van der Waals surface area contributed by atoms with Crippen molar-refractivity contribution in [1.82, 2.24) is 9.97 Å². The van der Waals surface area contributed by atoms with Crippen molar-refractivity contribution in [2.75, 3.05) is 18.6 Å². The van der Waals surface area contributed by atoms with E-state index in [1.807, 2.05) is 0 Å². The van der Waals surface area contributed by atoms with E-state index in [4.69, 9.17) is 9.47 Å². The lowest BCUT2D eigenvalue weighted by molar-refractivity contribution is -0.385. The van der Waals surface area contributed by atoms with Crippen LogP contribution in [-0.4, -0.2) is 34.3 Å². The number of nitrogens with zero attached hydrogens (tertiary/aromatic N) is 3. The Labute approximate surface area is 155 Å². The first kappa shape index (κ1) is 19.9. The Kier molecular flexibility index (Phi) is 6.47. The summed E-state index contributed by atoms with van der Waals surface area (Å²) in [6, 6.07) is 2.92. The second kappa shape index (κ2) is 8.79. The molecule has 0 fully saturated rings. The molecule has 2 N–H and O–H groups in total. The van der Waals surface area contributed by atoms with E-state index >= 15 is 0 Å². The van der Waals surface area contributed by atoms with Gasteiger partial charge in [0.2, 0.25) is 11.7 Å². The molecule has 0 atom stereocenters. The van der Waals surface area contributed by atoms with Crippen molar-refractivity contribution in [2.24, 2.45) is 5.10 Å². The number of ether oxygens (including phenoxy) is 2. The molecule has 0 amide bonds. The van der Waals surface area contributed by atoms with Crippen LogP contribution in [0, 0.1) is 24.0 Å². The third-order valence-electron chi connectivity index (χ3n) is 3.62. The molecule has 0 aliphatic rings. The van der Waals surface area contributed by atoms with E-state index in [0.717, 1.165) is 0 Å². The van der Waals surface area contributed by atoms with E-state index in [9.17, 15) is 14.9 Å². The van der Waals surface area contributed by atoms with E-state index in [0.29, 0.717) is 23.4 Å². The third-order valence-corrected chi connectivity index (χ3v) is 3.62. The highest BCUT2D eigenvalue weighted by Crippen LogP contribution is 2.38. The van der Waals surface area contributed by atoms with Gasteiger partial charge in [0, 0.05) is 22.9 Å². The summed E-state index contributed by atoms with van der Waals surface area (Å²) in [5, 5.41) is 15.3. The number of rotatable bonds is 8. The largest absolute Gasteiger partial charge is 0.490 e. The number of nitro benzene ring substituents is 1. The molecule has 2 rings (SSSR count). The van der Waals surface area contributed by atoms with Gasteiger partial charge in [0.1, 0.15) is 0 Å². The summed E-state index contributed by atoms with van der Waals surface area (Å²) < 4.78 is 10.8. The Morgan fingerprint density at radius 2 is 2.00 bits per heavy atom. The SMILES string of the molecule is CCOc1cc(/C=N\Nc2nc(C)c(C)c(=O)[nH]2)cc([N+](=O)[O-])c1OCC. The molecule has 1 heterocycles. The number of aromatic nitrogens is 2. The molecule has 10 nitrogen and oxygen atoms in total. The molecule has 0 saturated carbocycles. The number of hydrogen-bond acceptors (Lipinski definition) is 8. The van der Waals surface area contributed by atoms with Crippen LogP contribution in [0.1, 0.15) is 30.7 Å². The fourth-order valence-corrected chi connectivity index (χ4v) is 2.24. The Morgan fingerprint density at radius 1 is 1.30 bits per heavy atom. The molecular formula is C17H21N5O5. The van der Waals surface area contributed by atoms with Gasteiger partial charge in [-0.05, 0) is 33.8 Å². The zero-order valence-electron chi connectivity index (χ0n) is 15.5. The maximum Gasteiger partial charge on any atom is 0.315 e. The van der Waals surface area contributed by atoms with Gasteiger partial charge in [-0.2, -0.15) is 5.10 Å². The van der Waals surface area contributed by atoms with Crippen molar-refractivity contribution in [3.05, 3.63) is 49.4 Å². The maximum absolute atomic E-state index is 11.7. The Morgan fingerprint density at radius 3 is 2.59 bits per heavy atom. The summed E-state index contributed by atoms with van der Waals surface area (Å²) in [7, 11) is 0. The molecule has 0 spiro atoms. The van der Waals surface area contributed by atoms with E-state index in [-0.39, 0.29) is 35.3 Å².